The summed E-state index contributed by atoms with van der Waals surface area (Å²) in [5, 5.41) is 8.81. The molecule has 0 unspecified atom stereocenters. The lowest BCUT2D eigenvalue weighted by molar-refractivity contribution is -0.139. The summed E-state index contributed by atoms with van der Waals surface area (Å²) in [5.74, 6) is -1.79. The van der Waals surface area contributed by atoms with Gasteiger partial charge in [0.2, 0.25) is 10.0 Å². The van der Waals surface area contributed by atoms with E-state index in [4.69, 9.17) is 5.11 Å². The molecular formula is C11H14FNO4S. The minimum atomic E-state index is -3.96. The van der Waals surface area contributed by atoms with E-state index in [2.05, 4.69) is 4.72 Å². The largest absolute Gasteiger partial charge is 0.480 e. The van der Waals surface area contributed by atoms with Crippen molar-refractivity contribution >= 4 is 16.0 Å². The van der Waals surface area contributed by atoms with Crippen molar-refractivity contribution in [1.82, 2.24) is 4.72 Å². The summed E-state index contributed by atoms with van der Waals surface area (Å²) in [4.78, 5) is 10.7. The fourth-order valence-electron chi connectivity index (χ4n) is 1.47. The van der Waals surface area contributed by atoms with Crippen molar-refractivity contribution in [3.05, 3.63) is 29.6 Å². The van der Waals surface area contributed by atoms with E-state index in [1.54, 1.807) is 6.92 Å². The first-order valence-electron chi connectivity index (χ1n) is 5.29. The maximum Gasteiger partial charge on any atom is 0.321 e. The molecule has 0 bridgehead atoms. The van der Waals surface area contributed by atoms with Crippen molar-refractivity contribution in [3.8, 4) is 0 Å². The van der Waals surface area contributed by atoms with Gasteiger partial charge in [0, 0.05) is 0 Å². The lowest BCUT2D eigenvalue weighted by Gasteiger charge is -2.14. The Kier molecular flexibility index (Phi) is 4.42. The van der Waals surface area contributed by atoms with Gasteiger partial charge in [0.15, 0.2) is 0 Å². The Morgan fingerprint density at radius 3 is 2.56 bits per heavy atom. The molecule has 0 fully saturated rings. The molecule has 1 aromatic carbocycles. The Bertz CT molecular complexity index is 556. The fourth-order valence-corrected chi connectivity index (χ4v) is 2.97. The topological polar surface area (TPSA) is 83.5 Å². The van der Waals surface area contributed by atoms with Crippen molar-refractivity contribution in [2.24, 2.45) is 0 Å². The van der Waals surface area contributed by atoms with Gasteiger partial charge in [-0.3, -0.25) is 4.79 Å². The van der Waals surface area contributed by atoms with Crippen LogP contribution in [0.5, 0.6) is 0 Å². The molecule has 0 aliphatic rings. The summed E-state index contributed by atoms with van der Waals surface area (Å²) in [6, 6.07) is 2.01. The number of halogens is 1. The number of sulfonamides is 1. The average molecular weight is 275 g/mol. The molecule has 0 saturated carbocycles. The maximum absolute atomic E-state index is 12.9. The maximum atomic E-state index is 12.9. The normalized spacial score (nSPS) is 13.3. The van der Waals surface area contributed by atoms with Crippen LogP contribution < -0.4 is 4.72 Å². The summed E-state index contributed by atoms with van der Waals surface area (Å²) < 4.78 is 38.8. The monoisotopic (exact) mass is 275 g/mol. The number of benzene rings is 1. The van der Waals surface area contributed by atoms with Crippen LogP contribution in [-0.2, 0) is 14.8 Å². The molecule has 0 spiro atoms. The predicted molar refractivity (Wildman–Crippen MR) is 63.2 cm³/mol. The van der Waals surface area contributed by atoms with E-state index in [9.17, 15) is 17.6 Å². The highest BCUT2D eigenvalue weighted by molar-refractivity contribution is 7.89. The van der Waals surface area contributed by atoms with E-state index in [0.717, 1.165) is 18.2 Å². The van der Waals surface area contributed by atoms with Gasteiger partial charge in [0.05, 0.1) is 4.90 Å². The van der Waals surface area contributed by atoms with Gasteiger partial charge in [0.1, 0.15) is 11.9 Å². The highest BCUT2D eigenvalue weighted by Gasteiger charge is 2.25. The van der Waals surface area contributed by atoms with Gasteiger partial charge in [-0.05, 0) is 37.1 Å². The minimum absolute atomic E-state index is 0.120. The summed E-state index contributed by atoms with van der Waals surface area (Å²) in [6.07, 6.45) is 0.120. The first-order valence-corrected chi connectivity index (χ1v) is 6.77. The summed E-state index contributed by atoms with van der Waals surface area (Å²) >= 11 is 0. The summed E-state index contributed by atoms with van der Waals surface area (Å²) in [7, 11) is -3.96. The van der Waals surface area contributed by atoms with Gasteiger partial charge in [0.25, 0.3) is 0 Å². The third-order valence-electron chi connectivity index (χ3n) is 2.43. The second-order valence-corrected chi connectivity index (χ2v) is 5.51. The minimum Gasteiger partial charge on any atom is -0.480 e. The second kappa shape index (κ2) is 5.45. The van der Waals surface area contributed by atoms with Gasteiger partial charge < -0.3 is 5.11 Å². The average Bonchev–Trinajstić information content (AvgIpc) is 2.24. The number of nitrogens with one attached hydrogen (secondary N) is 1. The van der Waals surface area contributed by atoms with E-state index in [1.165, 1.54) is 6.92 Å². The standard InChI is InChI=1S/C11H14FNO4S/c1-3-9(11(14)15)13-18(16,17)10-5-4-8(12)6-7(10)2/h4-6,9,13H,3H2,1-2H3,(H,14,15)/t9-/m0/s1. The first-order chi connectivity index (χ1) is 8.27. The lowest BCUT2D eigenvalue weighted by Crippen LogP contribution is -2.40. The Morgan fingerprint density at radius 2 is 2.11 bits per heavy atom. The Hall–Kier alpha value is -1.47. The van der Waals surface area contributed by atoms with Crippen LogP contribution in [0.25, 0.3) is 0 Å². The zero-order valence-corrected chi connectivity index (χ0v) is 10.8. The lowest BCUT2D eigenvalue weighted by atomic mass is 10.2. The molecule has 18 heavy (non-hydrogen) atoms. The third kappa shape index (κ3) is 3.27. The van der Waals surface area contributed by atoms with E-state index in [-0.39, 0.29) is 16.9 Å². The smallest absolute Gasteiger partial charge is 0.321 e. The highest BCUT2D eigenvalue weighted by Crippen LogP contribution is 2.16. The van der Waals surface area contributed by atoms with Crippen LogP contribution >= 0.6 is 0 Å². The number of carbonyl (C=O) groups is 1. The molecule has 0 aromatic heterocycles. The summed E-state index contributed by atoms with van der Waals surface area (Å²) in [5.41, 5.74) is 0.225. The molecule has 0 radical (unpaired) electrons. The number of carboxylic acid groups (broad SMARTS) is 1. The number of aliphatic carboxylic acids is 1. The SMILES string of the molecule is CC[C@H](NS(=O)(=O)c1ccc(F)cc1C)C(=O)O. The number of hydrogen-bond acceptors (Lipinski definition) is 3. The van der Waals surface area contributed by atoms with Gasteiger partial charge in [-0.15, -0.1) is 0 Å². The molecule has 5 nitrogen and oxygen atoms in total. The Balaban J connectivity index is 3.10. The van der Waals surface area contributed by atoms with Crippen LogP contribution in [0, 0.1) is 12.7 Å². The number of aryl methyl sites for hydroxylation is 1. The molecule has 100 valence electrons. The van der Waals surface area contributed by atoms with Crippen LogP contribution in [0.15, 0.2) is 23.1 Å². The molecule has 0 saturated heterocycles. The second-order valence-electron chi connectivity index (χ2n) is 3.83. The zero-order valence-electron chi connectivity index (χ0n) is 9.97. The van der Waals surface area contributed by atoms with Crippen molar-refractivity contribution in [1.29, 1.82) is 0 Å². The molecule has 0 aliphatic heterocycles. The van der Waals surface area contributed by atoms with Crippen molar-refractivity contribution in [2.45, 2.75) is 31.2 Å². The molecule has 0 aliphatic carbocycles. The number of carboxylic acids is 1. The zero-order chi connectivity index (χ0) is 13.9. The van der Waals surface area contributed by atoms with Crippen molar-refractivity contribution in [2.75, 3.05) is 0 Å². The molecule has 1 rings (SSSR count). The molecule has 1 atom stereocenters. The molecule has 0 amide bonds. The third-order valence-corrected chi connectivity index (χ3v) is 4.06. The van der Waals surface area contributed by atoms with E-state index in [1.807, 2.05) is 0 Å². The van der Waals surface area contributed by atoms with Crippen molar-refractivity contribution in [3.63, 3.8) is 0 Å². The van der Waals surface area contributed by atoms with Gasteiger partial charge in [-0.1, -0.05) is 6.92 Å². The molecule has 2 N–H and O–H groups in total. The number of hydrogen-bond donors (Lipinski definition) is 2. The Morgan fingerprint density at radius 1 is 1.50 bits per heavy atom. The van der Waals surface area contributed by atoms with E-state index >= 15 is 0 Å². The molecule has 1 aromatic rings. The highest BCUT2D eigenvalue weighted by atomic mass is 32.2. The Labute approximate surface area is 105 Å². The van der Waals surface area contributed by atoms with Crippen LogP contribution in [0.4, 0.5) is 4.39 Å². The quantitative estimate of drug-likeness (QED) is 0.847. The van der Waals surface area contributed by atoms with Gasteiger partial charge in [-0.2, -0.15) is 4.72 Å². The van der Waals surface area contributed by atoms with Gasteiger partial charge >= 0.3 is 5.97 Å². The predicted octanol–water partition coefficient (Wildman–Crippen LogP) is 1.28. The van der Waals surface area contributed by atoms with Gasteiger partial charge in [-0.25, -0.2) is 12.8 Å². The molecular weight excluding hydrogens is 261 g/mol. The molecule has 0 heterocycles. The summed E-state index contributed by atoms with van der Waals surface area (Å²) in [6.45, 7) is 3.00. The van der Waals surface area contributed by atoms with E-state index in [0.29, 0.717) is 0 Å². The fraction of sp³-hybridized carbons (Fsp3) is 0.364. The first kappa shape index (κ1) is 14.6. The van der Waals surface area contributed by atoms with Crippen molar-refractivity contribution < 1.29 is 22.7 Å². The van der Waals surface area contributed by atoms with Crippen LogP contribution in [0.1, 0.15) is 18.9 Å². The van der Waals surface area contributed by atoms with Crippen LogP contribution in [0.3, 0.4) is 0 Å². The van der Waals surface area contributed by atoms with Crippen LogP contribution in [-0.4, -0.2) is 25.5 Å². The number of rotatable bonds is 5. The van der Waals surface area contributed by atoms with E-state index < -0.39 is 27.9 Å². The van der Waals surface area contributed by atoms with Crippen LogP contribution in [0.2, 0.25) is 0 Å². The molecule has 7 heteroatoms.